The van der Waals surface area contributed by atoms with Crippen LogP contribution < -0.4 is 4.74 Å². The van der Waals surface area contributed by atoms with Crippen molar-refractivity contribution in [1.82, 2.24) is 0 Å². The van der Waals surface area contributed by atoms with E-state index < -0.39 is 5.97 Å². The number of thioether (sulfide) groups is 1. The van der Waals surface area contributed by atoms with E-state index in [1.165, 1.54) is 0 Å². The molecule has 2 N–H and O–H groups in total. The monoisotopic (exact) mass is 268 g/mol. The molecule has 4 nitrogen and oxygen atoms in total. The summed E-state index contributed by atoms with van der Waals surface area (Å²) in [7, 11) is 1.60. The second-order valence-corrected chi connectivity index (χ2v) is 4.62. The van der Waals surface area contributed by atoms with Gasteiger partial charge in [0.05, 0.1) is 13.7 Å². The van der Waals surface area contributed by atoms with Gasteiger partial charge >= 0.3 is 5.97 Å². The van der Waals surface area contributed by atoms with Gasteiger partial charge in [-0.3, -0.25) is 0 Å². The van der Waals surface area contributed by atoms with Crippen molar-refractivity contribution in [2.24, 2.45) is 0 Å². The lowest BCUT2D eigenvalue weighted by Gasteiger charge is -2.09. The number of carboxylic acids is 1. The summed E-state index contributed by atoms with van der Waals surface area (Å²) in [5.74, 6) is 1.19. The molecule has 98 valence electrons. The predicted molar refractivity (Wildman–Crippen MR) is 72.9 cm³/mol. The number of rotatable bonds is 7. The molecule has 0 aromatic heterocycles. The third-order valence-electron chi connectivity index (χ3n) is 2.22. The highest BCUT2D eigenvalue weighted by atomic mass is 32.2. The molecule has 0 atom stereocenters. The van der Waals surface area contributed by atoms with Gasteiger partial charge in [-0.25, -0.2) is 4.79 Å². The van der Waals surface area contributed by atoms with Crippen LogP contribution in [0, 0.1) is 0 Å². The quantitative estimate of drug-likeness (QED) is 0.585. The molecule has 18 heavy (non-hydrogen) atoms. The Bertz CT molecular complexity index is 429. The minimum absolute atomic E-state index is 0.144. The maximum Gasteiger partial charge on any atom is 0.328 e. The highest BCUT2D eigenvalue weighted by Gasteiger charge is 2.03. The summed E-state index contributed by atoms with van der Waals surface area (Å²) in [5.41, 5.74) is 1.81. The molecule has 0 aliphatic rings. The Hall–Kier alpha value is -1.46. The van der Waals surface area contributed by atoms with Gasteiger partial charge in [0, 0.05) is 23.1 Å². The first-order valence-corrected chi connectivity index (χ1v) is 6.59. The third kappa shape index (κ3) is 4.81. The van der Waals surface area contributed by atoms with E-state index in [1.807, 2.05) is 12.1 Å². The van der Waals surface area contributed by atoms with Gasteiger partial charge in [-0.05, 0) is 23.8 Å². The zero-order valence-electron chi connectivity index (χ0n) is 10.1. The number of aliphatic carboxylic acids is 1. The summed E-state index contributed by atoms with van der Waals surface area (Å²) in [5, 5.41) is 17.3. The summed E-state index contributed by atoms with van der Waals surface area (Å²) in [4.78, 5) is 10.4. The van der Waals surface area contributed by atoms with Crippen LogP contribution in [0.2, 0.25) is 0 Å². The fourth-order valence-electron chi connectivity index (χ4n) is 1.43. The molecule has 0 radical (unpaired) electrons. The van der Waals surface area contributed by atoms with Crippen LogP contribution >= 0.6 is 11.8 Å². The van der Waals surface area contributed by atoms with E-state index in [2.05, 4.69) is 0 Å². The normalized spacial score (nSPS) is 10.8. The SMILES string of the molecule is COc1ccc(/C=C/C(=O)O)cc1CSCCO. The van der Waals surface area contributed by atoms with Crippen molar-refractivity contribution >= 4 is 23.8 Å². The molecule has 5 heteroatoms. The van der Waals surface area contributed by atoms with E-state index >= 15 is 0 Å². The van der Waals surface area contributed by atoms with Crippen LogP contribution in [-0.4, -0.2) is 35.7 Å². The maximum atomic E-state index is 10.4. The summed E-state index contributed by atoms with van der Waals surface area (Å²) in [6, 6.07) is 5.51. The van der Waals surface area contributed by atoms with E-state index in [9.17, 15) is 4.79 Å². The number of aliphatic hydroxyl groups excluding tert-OH is 1. The first kappa shape index (κ1) is 14.6. The minimum atomic E-state index is -0.970. The zero-order chi connectivity index (χ0) is 13.4. The Morgan fingerprint density at radius 2 is 2.28 bits per heavy atom. The number of carbonyl (C=O) groups is 1. The summed E-state index contributed by atoms with van der Waals surface area (Å²) >= 11 is 1.60. The molecule has 0 amide bonds. The van der Waals surface area contributed by atoms with Crippen LogP contribution in [0.5, 0.6) is 5.75 Å². The molecule has 0 bridgehead atoms. The fraction of sp³-hybridized carbons (Fsp3) is 0.308. The summed E-state index contributed by atoms with van der Waals surface area (Å²) in [6.45, 7) is 0.144. The van der Waals surface area contributed by atoms with Crippen molar-refractivity contribution in [3.05, 3.63) is 35.4 Å². The number of hydrogen-bond acceptors (Lipinski definition) is 4. The Balaban J connectivity index is 2.83. The zero-order valence-corrected chi connectivity index (χ0v) is 10.9. The molecular formula is C13H16O4S. The molecule has 1 aromatic carbocycles. The summed E-state index contributed by atoms with van der Waals surface area (Å²) < 4.78 is 5.24. The molecule has 0 heterocycles. The number of benzene rings is 1. The van der Waals surface area contributed by atoms with Crippen molar-refractivity contribution in [2.45, 2.75) is 5.75 Å². The van der Waals surface area contributed by atoms with Crippen molar-refractivity contribution in [2.75, 3.05) is 19.5 Å². The lowest BCUT2D eigenvalue weighted by molar-refractivity contribution is -0.131. The van der Waals surface area contributed by atoms with Crippen LogP contribution in [0.25, 0.3) is 6.08 Å². The molecule has 0 unspecified atom stereocenters. The molecular weight excluding hydrogens is 252 g/mol. The van der Waals surface area contributed by atoms with E-state index in [0.29, 0.717) is 5.75 Å². The van der Waals surface area contributed by atoms with Crippen molar-refractivity contribution in [1.29, 1.82) is 0 Å². The average Bonchev–Trinajstić information content (AvgIpc) is 2.37. The highest BCUT2D eigenvalue weighted by molar-refractivity contribution is 7.98. The molecule has 0 spiro atoms. The van der Waals surface area contributed by atoms with Crippen LogP contribution in [0.4, 0.5) is 0 Å². The van der Waals surface area contributed by atoms with Gasteiger partial charge in [0.25, 0.3) is 0 Å². The fourth-order valence-corrected chi connectivity index (χ4v) is 2.15. The molecule has 1 rings (SSSR count). The van der Waals surface area contributed by atoms with Crippen LogP contribution in [0.15, 0.2) is 24.3 Å². The van der Waals surface area contributed by atoms with Crippen molar-refractivity contribution in [3.63, 3.8) is 0 Å². The van der Waals surface area contributed by atoms with E-state index in [4.69, 9.17) is 14.9 Å². The highest BCUT2D eigenvalue weighted by Crippen LogP contribution is 2.25. The molecule has 0 saturated heterocycles. The van der Waals surface area contributed by atoms with Crippen molar-refractivity contribution < 1.29 is 19.7 Å². The molecule has 0 fully saturated rings. The van der Waals surface area contributed by atoms with E-state index in [-0.39, 0.29) is 6.61 Å². The lowest BCUT2D eigenvalue weighted by atomic mass is 10.1. The van der Waals surface area contributed by atoms with Crippen LogP contribution in [0.1, 0.15) is 11.1 Å². The largest absolute Gasteiger partial charge is 0.496 e. The third-order valence-corrected chi connectivity index (χ3v) is 3.20. The van der Waals surface area contributed by atoms with E-state index in [0.717, 1.165) is 28.7 Å². The number of carboxylic acid groups (broad SMARTS) is 1. The standard InChI is InChI=1S/C13H16O4S/c1-17-12-4-2-10(3-5-13(15)16)8-11(12)9-18-7-6-14/h2-5,8,14H,6-7,9H2,1H3,(H,15,16)/b5-3+. The number of aliphatic hydroxyl groups is 1. The predicted octanol–water partition coefficient (Wildman–Crippen LogP) is 2.02. The van der Waals surface area contributed by atoms with Gasteiger partial charge in [-0.1, -0.05) is 6.07 Å². The van der Waals surface area contributed by atoms with Crippen LogP contribution in [0.3, 0.4) is 0 Å². The Morgan fingerprint density at radius 3 is 2.89 bits per heavy atom. The lowest BCUT2D eigenvalue weighted by Crippen LogP contribution is -1.94. The first-order valence-electron chi connectivity index (χ1n) is 5.44. The number of methoxy groups -OCH3 is 1. The van der Waals surface area contributed by atoms with Gasteiger partial charge in [0.15, 0.2) is 0 Å². The molecule has 0 aliphatic carbocycles. The van der Waals surface area contributed by atoms with E-state index in [1.54, 1.807) is 31.0 Å². The second kappa shape index (κ2) is 7.79. The molecule has 0 aliphatic heterocycles. The topological polar surface area (TPSA) is 66.8 Å². The van der Waals surface area contributed by atoms with Crippen LogP contribution in [-0.2, 0) is 10.5 Å². The number of hydrogen-bond donors (Lipinski definition) is 2. The van der Waals surface area contributed by atoms with Gasteiger partial charge < -0.3 is 14.9 Å². The Kier molecular flexibility index (Phi) is 6.32. The average molecular weight is 268 g/mol. The first-order chi connectivity index (χ1) is 8.67. The molecule has 1 aromatic rings. The van der Waals surface area contributed by atoms with Gasteiger partial charge in [-0.2, -0.15) is 11.8 Å². The Morgan fingerprint density at radius 1 is 1.50 bits per heavy atom. The second-order valence-electron chi connectivity index (χ2n) is 3.52. The minimum Gasteiger partial charge on any atom is -0.496 e. The number of ether oxygens (including phenoxy) is 1. The van der Waals surface area contributed by atoms with Gasteiger partial charge in [-0.15, -0.1) is 0 Å². The van der Waals surface area contributed by atoms with Crippen molar-refractivity contribution in [3.8, 4) is 5.75 Å². The smallest absolute Gasteiger partial charge is 0.328 e. The summed E-state index contributed by atoms with van der Waals surface area (Å²) in [6.07, 6.45) is 2.65. The Labute approximate surface area is 110 Å². The van der Waals surface area contributed by atoms with Gasteiger partial charge in [0.2, 0.25) is 0 Å². The van der Waals surface area contributed by atoms with Gasteiger partial charge in [0.1, 0.15) is 5.75 Å². The maximum absolute atomic E-state index is 10.4. The molecule has 0 saturated carbocycles.